The van der Waals surface area contributed by atoms with E-state index in [1.165, 1.54) is 24.3 Å². The van der Waals surface area contributed by atoms with Crippen LogP contribution in [0.15, 0.2) is 54.6 Å². The van der Waals surface area contributed by atoms with Crippen LogP contribution >= 0.6 is 0 Å². The molecular formula is C18H12F2O. The van der Waals surface area contributed by atoms with Crippen LogP contribution in [0.25, 0.3) is 10.8 Å². The Morgan fingerprint density at radius 3 is 2.33 bits per heavy atom. The van der Waals surface area contributed by atoms with Crippen LogP contribution in [0.4, 0.5) is 8.78 Å². The maximum Gasteiger partial charge on any atom is 0.194 e. The van der Waals surface area contributed by atoms with E-state index >= 15 is 0 Å². The number of halogens is 2. The van der Waals surface area contributed by atoms with Gasteiger partial charge >= 0.3 is 0 Å². The fraction of sp³-hybridized carbons (Fsp3) is 0.0556. The highest BCUT2D eigenvalue weighted by Crippen LogP contribution is 2.25. The second-order valence-corrected chi connectivity index (χ2v) is 4.93. The molecule has 0 radical (unpaired) electrons. The second-order valence-electron chi connectivity index (χ2n) is 4.93. The minimum Gasteiger partial charge on any atom is -0.289 e. The molecule has 0 fully saturated rings. The molecule has 3 rings (SSSR count). The van der Waals surface area contributed by atoms with E-state index in [0.717, 1.165) is 0 Å². The fourth-order valence-corrected chi connectivity index (χ4v) is 2.44. The molecule has 0 saturated heterocycles. The van der Waals surface area contributed by atoms with Gasteiger partial charge in [0.25, 0.3) is 0 Å². The molecule has 1 nitrogen and oxygen atoms in total. The number of ketones is 1. The summed E-state index contributed by atoms with van der Waals surface area (Å²) in [6, 6.07) is 13.6. The predicted molar refractivity (Wildman–Crippen MR) is 78.5 cm³/mol. The van der Waals surface area contributed by atoms with Gasteiger partial charge in [-0.05, 0) is 42.1 Å². The Morgan fingerprint density at radius 2 is 1.57 bits per heavy atom. The van der Waals surface area contributed by atoms with Crippen molar-refractivity contribution in [3.63, 3.8) is 0 Å². The lowest BCUT2D eigenvalue weighted by Crippen LogP contribution is -2.05. The highest BCUT2D eigenvalue weighted by Gasteiger charge is 2.16. The summed E-state index contributed by atoms with van der Waals surface area (Å²) in [4.78, 5) is 12.7. The topological polar surface area (TPSA) is 17.1 Å². The predicted octanol–water partition coefficient (Wildman–Crippen LogP) is 4.66. The molecule has 0 unspecified atom stereocenters. The average molecular weight is 282 g/mol. The quantitative estimate of drug-likeness (QED) is 0.625. The monoisotopic (exact) mass is 282 g/mol. The minimum atomic E-state index is -0.463. The van der Waals surface area contributed by atoms with Gasteiger partial charge in [0.1, 0.15) is 11.6 Å². The Balaban J connectivity index is 2.23. The molecule has 0 aliphatic carbocycles. The van der Waals surface area contributed by atoms with Gasteiger partial charge in [0, 0.05) is 16.5 Å². The molecule has 0 aromatic heterocycles. The highest BCUT2D eigenvalue weighted by molar-refractivity contribution is 6.17. The van der Waals surface area contributed by atoms with Crippen LogP contribution in [0.1, 0.15) is 21.5 Å². The third-order valence-electron chi connectivity index (χ3n) is 3.56. The summed E-state index contributed by atoms with van der Waals surface area (Å²) < 4.78 is 27.2. The van der Waals surface area contributed by atoms with Gasteiger partial charge in [0.05, 0.1) is 0 Å². The van der Waals surface area contributed by atoms with Gasteiger partial charge in [-0.25, -0.2) is 8.78 Å². The normalized spacial score (nSPS) is 10.8. The largest absolute Gasteiger partial charge is 0.289 e. The summed E-state index contributed by atoms with van der Waals surface area (Å²) in [6.07, 6.45) is 0. The van der Waals surface area contributed by atoms with Crippen molar-refractivity contribution < 1.29 is 13.6 Å². The number of rotatable bonds is 2. The van der Waals surface area contributed by atoms with Crippen LogP contribution in [0.2, 0.25) is 0 Å². The Bertz CT molecular complexity index is 853. The minimum absolute atomic E-state index is 0.298. The molecule has 0 spiro atoms. The summed E-state index contributed by atoms with van der Waals surface area (Å²) in [5.74, 6) is -1.14. The Kier molecular flexibility index (Phi) is 3.26. The third kappa shape index (κ3) is 2.31. The number of aryl methyl sites for hydroxylation is 1. The molecule has 0 saturated carbocycles. The van der Waals surface area contributed by atoms with Gasteiger partial charge in [-0.2, -0.15) is 0 Å². The average Bonchev–Trinajstić information content (AvgIpc) is 2.50. The van der Waals surface area contributed by atoms with Crippen LogP contribution in [0, 0.1) is 18.6 Å². The molecule has 3 heteroatoms. The molecule has 0 bridgehead atoms. The standard InChI is InChI=1S/C18H12F2O/c1-11-6-7-12(19)10-16(11)18(21)15-8-9-17(20)14-5-3-2-4-13(14)15/h2-10H,1H3. The van der Waals surface area contributed by atoms with Gasteiger partial charge in [-0.15, -0.1) is 0 Å². The van der Waals surface area contributed by atoms with Crippen molar-refractivity contribution in [2.45, 2.75) is 6.92 Å². The van der Waals surface area contributed by atoms with Crippen molar-refractivity contribution in [2.75, 3.05) is 0 Å². The zero-order valence-electron chi connectivity index (χ0n) is 11.4. The smallest absolute Gasteiger partial charge is 0.194 e. The number of hydrogen-bond acceptors (Lipinski definition) is 1. The van der Waals surface area contributed by atoms with E-state index in [2.05, 4.69) is 0 Å². The van der Waals surface area contributed by atoms with Crippen LogP contribution in [-0.2, 0) is 0 Å². The first kappa shape index (κ1) is 13.4. The van der Waals surface area contributed by atoms with Crippen LogP contribution in [0.5, 0.6) is 0 Å². The fourth-order valence-electron chi connectivity index (χ4n) is 2.44. The van der Waals surface area contributed by atoms with Gasteiger partial charge < -0.3 is 0 Å². The van der Waals surface area contributed by atoms with E-state index in [1.807, 2.05) is 0 Å². The molecule has 0 atom stereocenters. The van der Waals surface area contributed by atoms with Crippen molar-refractivity contribution >= 4 is 16.6 Å². The second kappa shape index (κ2) is 5.09. The lowest BCUT2D eigenvalue weighted by atomic mass is 9.94. The SMILES string of the molecule is Cc1ccc(F)cc1C(=O)c1ccc(F)c2ccccc12. The van der Waals surface area contributed by atoms with E-state index in [4.69, 9.17) is 0 Å². The van der Waals surface area contributed by atoms with Crippen LogP contribution in [0.3, 0.4) is 0 Å². The first-order valence-corrected chi connectivity index (χ1v) is 6.56. The van der Waals surface area contributed by atoms with Gasteiger partial charge in [-0.1, -0.05) is 30.3 Å². The molecule has 0 heterocycles. The Hall–Kier alpha value is -2.55. The van der Waals surface area contributed by atoms with E-state index < -0.39 is 5.82 Å². The Morgan fingerprint density at radius 1 is 0.857 bits per heavy atom. The molecule has 104 valence electrons. The number of fused-ring (bicyclic) bond motifs is 1. The summed E-state index contributed by atoms with van der Waals surface area (Å²) in [6.45, 7) is 1.75. The highest BCUT2D eigenvalue weighted by atomic mass is 19.1. The molecule has 3 aromatic rings. The summed E-state index contributed by atoms with van der Waals surface area (Å²) in [5, 5.41) is 0.920. The van der Waals surface area contributed by atoms with Gasteiger partial charge in [-0.3, -0.25) is 4.79 Å². The molecule has 0 aliphatic heterocycles. The molecule has 0 amide bonds. The molecule has 0 N–H and O–H groups in total. The van der Waals surface area contributed by atoms with E-state index in [9.17, 15) is 13.6 Å². The molecule has 21 heavy (non-hydrogen) atoms. The van der Waals surface area contributed by atoms with Crippen molar-refractivity contribution in [2.24, 2.45) is 0 Å². The summed E-state index contributed by atoms with van der Waals surface area (Å²) in [7, 11) is 0. The van der Waals surface area contributed by atoms with Crippen LogP contribution in [-0.4, -0.2) is 5.78 Å². The lowest BCUT2D eigenvalue weighted by Gasteiger charge is -2.09. The van der Waals surface area contributed by atoms with Crippen molar-refractivity contribution in [1.82, 2.24) is 0 Å². The molecule has 0 aliphatic rings. The first-order chi connectivity index (χ1) is 10.1. The van der Waals surface area contributed by atoms with Gasteiger partial charge in [0.2, 0.25) is 0 Å². The number of carbonyl (C=O) groups excluding carboxylic acids is 1. The van der Waals surface area contributed by atoms with Crippen LogP contribution < -0.4 is 0 Å². The lowest BCUT2D eigenvalue weighted by molar-refractivity contribution is 0.103. The number of carbonyl (C=O) groups is 1. The van der Waals surface area contributed by atoms with Crippen molar-refractivity contribution in [3.8, 4) is 0 Å². The van der Waals surface area contributed by atoms with E-state index in [-0.39, 0.29) is 11.6 Å². The first-order valence-electron chi connectivity index (χ1n) is 6.56. The van der Waals surface area contributed by atoms with Crippen molar-refractivity contribution in [3.05, 3.63) is 82.9 Å². The molecular weight excluding hydrogens is 270 g/mol. The zero-order chi connectivity index (χ0) is 15.0. The van der Waals surface area contributed by atoms with Gasteiger partial charge in [0.15, 0.2) is 5.78 Å². The maximum absolute atomic E-state index is 13.8. The van der Waals surface area contributed by atoms with Crippen molar-refractivity contribution in [1.29, 1.82) is 0 Å². The zero-order valence-corrected chi connectivity index (χ0v) is 11.4. The Labute approximate surface area is 120 Å². The van der Waals surface area contributed by atoms with E-state index in [0.29, 0.717) is 27.5 Å². The third-order valence-corrected chi connectivity index (χ3v) is 3.56. The molecule has 3 aromatic carbocycles. The van der Waals surface area contributed by atoms with E-state index in [1.54, 1.807) is 37.3 Å². The number of hydrogen-bond donors (Lipinski definition) is 0. The summed E-state index contributed by atoms with van der Waals surface area (Å²) >= 11 is 0. The number of benzene rings is 3. The maximum atomic E-state index is 13.8. The summed E-state index contributed by atoms with van der Waals surface area (Å²) in [5.41, 5.74) is 1.36.